The lowest BCUT2D eigenvalue weighted by Gasteiger charge is -2.19. The Morgan fingerprint density at radius 3 is 2.31 bits per heavy atom. The molecule has 88 valence electrons. The first-order chi connectivity index (χ1) is 7.50. The van der Waals surface area contributed by atoms with Gasteiger partial charge in [0.25, 0.3) is 0 Å². The summed E-state index contributed by atoms with van der Waals surface area (Å²) in [7, 11) is 0. The fourth-order valence-electron chi connectivity index (χ4n) is 2.41. The van der Waals surface area contributed by atoms with Gasteiger partial charge >= 0.3 is 6.18 Å². The Morgan fingerprint density at radius 2 is 1.75 bits per heavy atom. The Hall–Kier alpha value is -0.510. The normalized spacial score (nSPS) is 18.0. The lowest BCUT2D eigenvalue weighted by Crippen LogP contribution is -2.11. The predicted molar refractivity (Wildman–Crippen MR) is 60.4 cm³/mol. The van der Waals surface area contributed by atoms with Crippen molar-refractivity contribution in [3.63, 3.8) is 0 Å². The van der Waals surface area contributed by atoms with Crippen molar-refractivity contribution in [1.82, 2.24) is 0 Å². The molecule has 0 aromatic heterocycles. The lowest BCUT2D eigenvalue weighted by molar-refractivity contribution is -0.138. The minimum atomic E-state index is -4.25. The van der Waals surface area contributed by atoms with Crippen molar-refractivity contribution in [3.8, 4) is 0 Å². The van der Waals surface area contributed by atoms with Crippen molar-refractivity contribution in [2.24, 2.45) is 0 Å². The highest BCUT2D eigenvalue weighted by molar-refractivity contribution is 9.10. The highest BCUT2D eigenvalue weighted by Crippen LogP contribution is 2.44. The zero-order valence-corrected chi connectivity index (χ0v) is 10.2. The van der Waals surface area contributed by atoms with Crippen molar-refractivity contribution in [1.29, 1.82) is 0 Å². The first-order valence-electron chi connectivity index (χ1n) is 5.36. The predicted octanol–water partition coefficient (Wildman–Crippen LogP) is 5.13. The third-order valence-corrected chi connectivity index (χ3v) is 3.81. The van der Waals surface area contributed by atoms with Gasteiger partial charge in [0.1, 0.15) is 0 Å². The average Bonchev–Trinajstić information content (AvgIpc) is 2.68. The molecular weight excluding hydrogens is 281 g/mol. The van der Waals surface area contributed by atoms with E-state index in [-0.39, 0.29) is 5.92 Å². The first kappa shape index (κ1) is 12.0. The molecule has 0 atom stereocenters. The van der Waals surface area contributed by atoms with Crippen LogP contribution in [0.5, 0.6) is 0 Å². The van der Waals surface area contributed by atoms with E-state index in [0.717, 1.165) is 25.7 Å². The maximum Gasteiger partial charge on any atom is 0.416 e. The molecule has 1 fully saturated rings. The van der Waals surface area contributed by atoms with Crippen molar-refractivity contribution in [2.45, 2.75) is 37.8 Å². The zero-order valence-electron chi connectivity index (χ0n) is 8.65. The van der Waals surface area contributed by atoms with Crippen LogP contribution in [0.1, 0.15) is 42.7 Å². The second-order valence-corrected chi connectivity index (χ2v) is 5.03. The van der Waals surface area contributed by atoms with Gasteiger partial charge in [0.05, 0.1) is 5.56 Å². The summed E-state index contributed by atoms with van der Waals surface area (Å²) >= 11 is 3.25. The van der Waals surface area contributed by atoms with E-state index in [1.54, 1.807) is 6.07 Å². The molecule has 1 aromatic carbocycles. The lowest BCUT2D eigenvalue weighted by atomic mass is 9.92. The number of halogens is 4. The molecule has 16 heavy (non-hydrogen) atoms. The molecule has 1 saturated carbocycles. The van der Waals surface area contributed by atoms with E-state index < -0.39 is 11.7 Å². The number of hydrogen-bond donors (Lipinski definition) is 0. The van der Waals surface area contributed by atoms with Gasteiger partial charge in [-0.05, 0) is 36.5 Å². The Kier molecular flexibility index (Phi) is 3.29. The third-order valence-electron chi connectivity index (χ3n) is 3.12. The summed E-state index contributed by atoms with van der Waals surface area (Å²) in [4.78, 5) is 0. The molecule has 0 N–H and O–H groups in total. The van der Waals surface area contributed by atoms with Crippen LogP contribution in [0.25, 0.3) is 0 Å². The van der Waals surface area contributed by atoms with Crippen LogP contribution >= 0.6 is 15.9 Å². The number of alkyl halides is 3. The van der Waals surface area contributed by atoms with Gasteiger partial charge in [-0.2, -0.15) is 13.2 Å². The van der Waals surface area contributed by atoms with Crippen molar-refractivity contribution < 1.29 is 13.2 Å². The van der Waals surface area contributed by atoms with E-state index in [4.69, 9.17) is 0 Å². The van der Waals surface area contributed by atoms with Crippen LogP contribution in [0.15, 0.2) is 22.7 Å². The Bertz CT molecular complexity index is 378. The molecule has 0 nitrogen and oxygen atoms in total. The Balaban J connectivity index is 2.48. The summed E-state index contributed by atoms with van der Waals surface area (Å²) in [5, 5.41) is 0. The second-order valence-electron chi connectivity index (χ2n) is 4.18. The molecule has 0 aliphatic heterocycles. The van der Waals surface area contributed by atoms with Crippen molar-refractivity contribution >= 4 is 15.9 Å². The Morgan fingerprint density at radius 1 is 1.12 bits per heavy atom. The standard InChI is InChI=1S/C12H12BrF3/c13-10-7-3-6-9(12(14,15)16)11(10)8-4-1-2-5-8/h3,6-8H,1-2,4-5H2. The van der Waals surface area contributed by atoms with E-state index in [1.165, 1.54) is 12.1 Å². The Labute approximate surface area is 101 Å². The summed E-state index contributed by atoms with van der Waals surface area (Å²) in [6, 6.07) is 4.33. The van der Waals surface area contributed by atoms with Gasteiger partial charge in [-0.15, -0.1) is 0 Å². The fraction of sp³-hybridized carbons (Fsp3) is 0.500. The van der Waals surface area contributed by atoms with Crippen LogP contribution in [0.4, 0.5) is 13.2 Å². The van der Waals surface area contributed by atoms with Gasteiger partial charge in [0, 0.05) is 4.47 Å². The molecule has 4 heteroatoms. The number of hydrogen-bond acceptors (Lipinski definition) is 0. The molecular formula is C12H12BrF3. The van der Waals surface area contributed by atoms with Gasteiger partial charge < -0.3 is 0 Å². The van der Waals surface area contributed by atoms with Crippen LogP contribution in [0.3, 0.4) is 0 Å². The SMILES string of the molecule is FC(F)(F)c1cccc(Br)c1C1CCCC1. The van der Waals surface area contributed by atoms with Crippen LogP contribution < -0.4 is 0 Å². The minimum absolute atomic E-state index is 0.0622. The van der Waals surface area contributed by atoms with Crippen molar-refractivity contribution in [2.75, 3.05) is 0 Å². The van der Waals surface area contributed by atoms with E-state index in [0.29, 0.717) is 10.0 Å². The average molecular weight is 293 g/mol. The van der Waals surface area contributed by atoms with Crippen LogP contribution in [-0.4, -0.2) is 0 Å². The van der Waals surface area contributed by atoms with Crippen molar-refractivity contribution in [3.05, 3.63) is 33.8 Å². The largest absolute Gasteiger partial charge is 0.416 e. The molecule has 0 bridgehead atoms. The smallest absolute Gasteiger partial charge is 0.166 e. The van der Waals surface area contributed by atoms with Crippen LogP contribution in [0.2, 0.25) is 0 Å². The molecule has 2 rings (SSSR count). The monoisotopic (exact) mass is 292 g/mol. The molecule has 1 aromatic rings. The molecule has 1 aliphatic rings. The summed E-state index contributed by atoms with van der Waals surface area (Å²) < 4.78 is 39.2. The highest BCUT2D eigenvalue weighted by atomic mass is 79.9. The van der Waals surface area contributed by atoms with Gasteiger partial charge in [0.2, 0.25) is 0 Å². The molecule has 0 heterocycles. The fourth-order valence-corrected chi connectivity index (χ4v) is 3.10. The first-order valence-corrected chi connectivity index (χ1v) is 6.15. The minimum Gasteiger partial charge on any atom is -0.166 e. The van der Waals surface area contributed by atoms with Gasteiger partial charge in [-0.25, -0.2) is 0 Å². The molecule has 0 spiro atoms. The molecule has 0 radical (unpaired) electrons. The summed E-state index contributed by atoms with van der Waals surface area (Å²) in [6.07, 6.45) is -0.453. The molecule has 0 saturated heterocycles. The zero-order chi connectivity index (χ0) is 11.8. The highest BCUT2D eigenvalue weighted by Gasteiger charge is 2.36. The topological polar surface area (TPSA) is 0 Å². The second kappa shape index (κ2) is 4.40. The summed E-state index contributed by atoms with van der Waals surface area (Å²) in [6.45, 7) is 0. The van der Waals surface area contributed by atoms with E-state index in [2.05, 4.69) is 15.9 Å². The summed E-state index contributed by atoms with van der Waals surface area (Å²) in [5.41, 5.74) is -0.0266. The maximum absolute atomic E-state index is 12.9. The number of rotatable bonds is 1. The maximum atomic E-state index is 12.9. The van der Waals surface area contributed by atoms with E-state index >= 15 is 0 Å². The third kappa shape index (κ3) is 2.26. The quantitative estimate of drug-likeness (QED) is 0.673. The van der Waals surface area contributed by atoms with Gasteiger partial charge in [-0.1, -0.05) is 34.8 Å². The summed E-state index contributed by atoms with van der Waals surface area (Å²) in [5.74, 6) is 0.0622. The van der Waals surface area contributed by atoms with Crippen LogP contribution in [-0.2, 0) is 6.18 Å². The molecule has 1 aliphatic carbocycles. The van der Waals surface area contributed by atoms with Gasteiger partial charge in [0.15, 0.2) is 0 Å². The van der Waals surface area contributed by atoms with Crippen LogP contribution in [0, 0.1) is 0 Å². The molecule has 0 amide bonds. The molecule has 0 unspecified atom stereocenters. The van der Waals surface area contributed by atoms with Gasteiger partial charge in [-0.3, -0.25) is 0 Å². The van der Waals surface area contributed by atoms with E-state index in [9.17, 15) is 13.2 Å². The van der Waals surface area contributed by atoms with E-state index in [1.807, 2.05) is 0 Å². The number of benzene rings is 1.